The second-order valence-electron chi connectivity index (χ2n) is 6.15. The first-order valence-electron chi connectivity index (χ1n) is 8.46. The van der Waals surface area contributed by atoms with Gasteiger partial charge in [-0.25, -0.2) is 0 Å². The number of aryl methyl sites for hydroxylation is 1. The molecule has 1 saturated carbocycles. The molecule has 0 aromatic carbocycles. The molecule has 0 bridgehead atoms. The number of rotatable bonds is 6. The average Bonchev–Trinajstić information content (AvgIpc) is 2.53. The Balaban J connectivity index is 2.14. The summed E-state index contributed by atoms with van der Waals surface area (Å²) in [5.41, 5.74) is 2.90. The van der Waals surface area contributed by atoms with E-state index in [0.29, 0.717) is 6.04 Å². The number of pyridine rings is 1. The standard InChI is InChI=1S/C18H30N2/c1-4-14-7-9-16(10-8-14)18(20-6-3)17-11-12-19-13-15(17)5-2/h11-14,16,18,20H,4-10H2,1-3H3. The van der Waals surface area contributed by atoms with Crippen molar-refractivity contribution in [1.82, 2.24) is 10.3 Å². The number of hydrogen-bond acceptors (Lipinski definition) is 2. The molecule has 1 heterocycles. The van der Waals surface area contributed by atoms with Gasteiger partial charge in [-0.2, -0.15) is 0 Å². The first-order valence-corrected chi connectivity index (χ1v) is 8.46. The summed E-state index contributed by atoms with van der Waals surface area (Å²) in [5.74, 6) is 1.77. The molecule has 20 heavy (non-hydrogen) atoms. The van der Waals surface area contributed by atoms with E-state index in [1.54, 1.807) is 0 Å². The molecule has 0 saturated heterocycles. The molecule has 1 aromatic heterocycles. The largest absolute Gasteiger partial charge is 0.310 e. The van der Waals surface area contributed by atoms with Crippen LogP contribution in [-0.2, 0) is 6.42 Å². The topological polar surface area (TPSA) is 24.9 Å². The quantitative estimate of drug-likeness (QED) is 0.825. The summed E-state index contributed by atoms with van der Waals surface area (Å²) in [5, 5.41) is 3.75. The van der Waals surface area contributed by atoms with Gasteiger partial charge in [-0.1, -0.05) is 40.0 Å². The van der Waals surface area contributed by atoms with Crippen LogP contribution in [0.5, 0.6) is 0 Å². The van der Waals surface area contributed by atoms with Crippen molar-refractivity contribution in [1.29, 1.82) is 0 Å². The van der Waals surface area contributed by atoms with Crippen molar-refractivity contribution in [2.45, 2.75) is 65.3 Å². The maximum absolute atomic E-state index is 4.30. The fraction of sp³-hybridized carbons (Fsp3) is 0.722. The lowest BCUT2D eigenvalue weighted by Crippen LogP contribution is -2.31. The van der Waals surface area contributed by atoms with Crippen LogP contribution in [0, 0.1) is 11.8 Å². The molecule has 2 nitrogen and oxygen atoms in total. The first kappa shape index (κ1) is 15.5. The summed E-state index contributed by atoms with van der Waals surface area (Å²) in [6.45, 7) is 7.84. The summed E-state index contributed by atoms with van der Waals surface area (Å²) in [6.07, 6.45) is 12.0. The van der Waals surface area contributed by atoms with Gasteiger partial charge in [-0.05, 0) is 54.8 Å². The molecule has 1 atom stereocenters. The molecule has 0 spiro atoms. The molecule has 112 valence electrons. The molecule has 2 rings (SSSR count). The third kappa shape index (κ3) is 3.60. The van der Waals surface area contributed by atoms with Gasteiger partial charge in [0.2, 0.25) is 0 Å². The van der Waals surface area contributed by atoms with E-state index >= 15 is 0 Å². The van der Waals surface area contributed by atoms with Crippen LogP contribution in [-0.4, -0.2) is 11.5 Å². The second kappa shape index (κ2) is 7.78. The number of nitrogens with zero attached hydrogens (tertiary/aromatic N) is 1. The molecule has 1 fully saturated rings. The van der Waals surface area contributed by atoms with E-state index in [1.807, 2.05) is 6.20 Å². The average molecular weight is 274 g/mol. The van der Waals surface area contributed by atoms with E-state index in [1.165, 1.54) is 43.2 Å². The van der Waals surface area contributed by atoms with Gasteiger partial charge in [0.1, 0.15) is 0 Å². The predicted molar refractivity (Wildman–Crippen MR) is 85.8 cm³/mol. The van der Waals surface area contributed by atoms with Crippen LogP contribution in [0.25, 0.3) is 0 Å². The Labute approximate surface area is 124 Å². The molecular weight excluding hydrogens is 244 g/mol. The van der Waals surface area contributed by atoms with Crippen LogP contribution in [0.15, 0.2) is 18.5 Å². The maximum Gasteiger partial charge on any atom is 0.0352 e. The van der Waals surface area contributed by atoms with Crippen molar-refractivity contribution in [3.63, 3.8) is 0 Å². The highest BCUT2D eigenvalue weighted by Gasteiger charge is 2.28. The molecule has 1 N–H and O–H groups in total. The lowest BCUT2D eigenvalue weighted by atomic mass is 9.75. The van der Waals surface area contributed by atoms with E-state index < -0.39 is 0 Å². The molecule has 1 aliphatic carbocycles. The normalized spacial score (nSPS) is 24.6. The number of nitrogens with one attached hydrogen (secondary N) is 1. The molecule has 1 unspecified atom stereocenters. The minimum atomic E-state index is 0.524. The third-order valence-electron chi connectivity index (χ3n) is 5.02. The number of hydrogen-bond donors (Lipinski definition) is 1. The predicted octanol–water partition coefficient (Wildman–Crippen LogP) is 4.51. The zero-order valence-corrected chi connectivity index (χ0v) is 13.4. The smallest absolute Gasteiger partial charge is 0.0352 e. The van der Waals surface area contributed by atoms with Gasteiger partial charge in [0.25, 0.3) is 0 Å². The maximum atomic E-state index is 4.30. The van der Waals surface area contributed by atoms with Gasteiger partial charge >= 0.3 is 0 Å². The van der Waals surface area contributed by atoms with Crippen LogP contribution in [0.2, 0.25) is 0 Å². The highest BCUT2D eigenvalue weighted by Crippen LogP contribution is 2.38. The molecule has 2 heteroatoms. The molecular formula is C18H30N2. The first-order chi connectivity index (χ1) is 9.80. The Kier molecular flexibility index (Phi) is 6.03. The van der Waals surface area contributed by atoms with Crippen molar-refractivity contribution in [2.24, 2.45) is 11.8 Å². The summed E-state index contributed by atoms with van der Waals surface area (Å²) >= 11 is 0. The molecule has 1 aromatic rings. The SMILES string of the molecule is CCNC(c1ccncc1CC)C1CCC(CC)CC1. The minimum absolute atomic E-state index is 0.524. The fourth-order valence-corrected chi connectivity index (χ4v) is 3.72. The van der Waals surface area contributed by atoms with Crippen LogP contribution in [0.4, 0.5) is 0 Å². The van der Waals surface area contributed by atoms with E-state index in [2.05, 4.69) is 43.3 Å². The van der Waals surface area contributed by atoms with Gasteiger partial charge < -0.3 is 5.32 Å². The highest BCUT2D eigenvalue weighted by molar-refractivity contribution is 5.27. The van der Waals surface area contributed by atoms with E-state index in [9.17, 15) is 0 Å². The van der Waals surface area contributed by atoms with Crippen molar-refractivity contribution in [3.05, 3.63) is 29.6 Å². The monoisotopic (exact) mass is 274 g/mol. The van der Waals surface area contributed by atoms with E-state index in [4.69, 9.17) is 0 Å². The van der Waals surface area contributed by atoms with Gasteiger partial charge in [0.05, 0.1) is 0 Å². The van der Waals surface area contributed by atoms with Gasteiger partial charge in [0, 0.05) is 18.4 Å². The van der Waals surface area contributed by atoms with Crippen LogP contribution in [0.1, 0.15) is 70.0 Å². The second-order valence-corrected chi connectivity index (χ2v) is 6.15. The molecule has 1 aliphatic rings. The van der Waals surface area contributed by atoms with Gasteiger partial charge in [-0.3, -0.25) is 4.98 Å². The van der Waals surface area contributed by atoms with Gasteiger partial charge in [0.15, 0.2) is 0 Å². The Morgan fingerprint density at radius 2 is 1.95 bits per heavy atom. The summed E-state index contributed by atoms with van der Waals surface area (Å²) in [6, 6.07) is 2.76. The lowest BCUT2D eigenvalue weighted by molar-refractivity contribution is 0.219. The minimum Gasteiger partial charge on any atom is -0.310 e. The fourth-order valence-electron chi connectivity index (χ4n) is 3.72. The third-order valence-corrected chi connectivity index (χ3v) is 5.02. The Morgan fingerprint density at radius 3 is 2.55 bits per heavy atom. The van der Waals surface area contributed by atoms with Crippen molar-refractivity contribution >= 4 is 0 Å². The van der Waals surface area contributed by atoms with Crippen molar-refractivity contribution < 1.29 is 0 Å². The van der Waals surface area contributed by atoms with Crippen molar-refractivity contribution in [3.8, 4) is 0 Å². The highest BCUT2D eigenvalue weighted by atomic mass is 14.9. The summed E-state index contributed by atoms with van der Waals surface area (Å²) in [7, 11) is 0. The zero-order chi connectivity index (χ0) is 14.4. The lowest BCUT2D eigenvalue weighted by Gasteiger charge is -2.35. The van der Waals surface area contributed by atoms with Gasteiger partial charge in [-0.15, -0.1) is 0 Å². The van der Waals surface area contributed by atoms with Crippen LogP contribution >= 0.6 is 0 Å². The van der Waals surface area contributed by atoms with E-state index in [0.717, 1.165) is 24.8 Å². The Hall–Kier alpha value is -0.890. The van der Waals surface area contributed by atoms with Crippen LogP contribution < -0.4 is 5.32 Å². The molecule has 0 radical (unpaired) electrons. The summed E-state index contributed by atoms with van der Waals surface area (Å²) in [4.78, 5) is 4.30. The molecule has 0 amide bonds. The number of aromatic nitrogens is 1. The van der Waals surface area contributed by atoms with E-state index in [-0.39, 0.29) is 0 Å². The Morgan fingerprint density at radius 1 is 1.20 bits per heavy atom. The van der Waals surface area contributed by atoms with Crippen LogP contribution in [0.3, 0.4) is 0 Å². The zero-order valence-electron chi connectivity index (χ0n) is 13.4. The molecule has 0 aliphatic heterocycles. The van der Waals surface area contributed by atoms with Crippen molar-refractivity contribution in [2.75, 3.05) is 6.54 Å². The summed E-state index contributed by atoms with van der Waals surface area (Å²) < 4.78 is 0. The Bertz CT molecular complexity index is 394.